The highest BCUT2D eigenvalue weighted by molar-refractivity contribution is 7.71. The molecule has 3 rings (SSSR count). The van der Waals surface area contributed by atoms with Gasteiger partial charge in [0.05, 0.1) is 16.6 Å². The third-order valence-corrected chi connectivity index (χ3v) is 6.00. The Morgan fingerprint density at radius 2 is 1.84 bits per heavy atom. The first-order valence-electron chi connectivity index (χ1n) is 10.6. The van der Waals surface area contributed by atoms with Crippen LogP contribution in [0.3, 0.4) is 0 Å². The summed E-state index contributed by atoms with van der Waals surface area (Å²) in [5.74, 6) is -0.652. The molecule has 1 aromatic heterocycles. The number of nitrogens with one attached hydrogen (secondary N) is 3. The maximum absolute atomic E-state index is 13.2. The highest BCUT2D eigenvalue weighted by Gasteiger charge is 2.19. The molecule has 1 heterocycles. The quantitative estimate of drug-likeness (QED) is 0.497. The molecule has 0 saturated carbocycles. The van der Waals surface area contributed by atoms with Gasteiger partial charge in [-0.2, -0.15) is 0 Å². The molecule has 0 aliphatic rings. The van der Waals surface area contributed by atoms with E-state index < -0.39 is 11.9 Å². The molecule has 0 aliphatic carbocycles. The average molecular weight is 453 g/mol. The molecular formula is C24H28N4O3S. The van der Waals surface area contributed by atoms with Crippen LogP contribution in [0, 0.1) is 18.6 Å². The summed E-state index contributed by atoms with van der Waals surface area (Å²) in [4.78, 5) is 41.2. The zero-order chi connectivity index (χ0) is 23.6. The summed E-state index contributed by atoms with van der Waals surface area (Å²) in [6.45, 7) is 9.44. The minimum absolute atomic E-state index is 0.0294. The molecule has 0 spiro atoms. The minimum Gasteiger partial charge on any atom is -0.352 e. The van der Waals surface area contributed by atoms with Gasteiger partial charge in [-0.1, -0.05) is 19.1 Å². The van der Waals surface area contributed by atoms with E-state index in [1.807, 2.05) is 45.9 Å². The number of H-pyrrole nitrogens is 1. The SMILES string of the molecule is CCC(C)NC(=O)C(C)NC(=O)c1ccc2c(=O)n(-c3cccc(C)c3C)c(=S)[nH]c2c1. The van der Waals surface area contributed by atoms with Crippen LogP contribution in [0.15, 0.2) is 41.2 Å². The van der Waals surface area contributed by atoms with E-state index in [0.29, 0.717) is 16.5 Å². The van der Waals surface area contributed by atoms with Crippen LogP contribution in [-0.4, -0.2) is 33.4 Å². The number of amides is 2. The van der Waals surface area contributed by atoms with Crippen LogP contribution in [0.4, 0.5) is 0 Å². The van der Waals surface area contributed by atoms with Crippen molar-refractivity contribution >= 4 is 34.9 Å². The first-order chi connectivity index (χ1) is 15.1. The Bertz CT molecular complexity index is 1310. The van der Waals surface area contributed by atoms with Crippen molar-refractivity contribution in [3.05, 3.63) is 68.2 Å². The normalized spacial score (nSPS) is 12.9. The lowest BCUT2D eigenvalue weighted by Crippen LogP contribution is -2.47. The molecule has 3 aromatic rings. The molecule has 0 saturated heterocycles. The van der Waals surface area contributed by atoms with Gasteiger partial charge in [-0.05, 0) is 81.7 Å². The molecule has 0 bridgehead atoms. The van der Waals surface area contributed by atoms with E-state index in [-0.39, 0.29) is 22.3 Å². The van der Waals surface area contributed by atoms with Gasteiger partial charge in [-0.3, -0.25) is 19.0 Å². The molecule has 7 nitrogen and oxygen atoms in total. The fourth-order valence-electron chi connectivity index (χ4n) is 3.37. The van der Waals surface area contributed by atoms with Crippen LogP contribution in [0.25, 0.3) is 16.6 Å². The zero-order valence-corrected chi connectivity index (χ0v) is 19.7. The van der Waals surface area contributed by atoms with Gasteiger partial charge in [-0.15, -0.1) is 0 Å². The van der Waals surface area contributed by atoms with Gasteiger partial charge >= 0.3 is 0 Å². The minimum atomic E-state index is -0.692. The van der Waals surface area contributed by atoms with E-state index in [9.17, 15) is 14.4 Å². The molecule has 2 amide bonds. The average Bonchev–Trinajstić information content (AvgIpc) is 2.75. The number of hydrogen-bond acceptors (Lipinski definition) is 4. The van der Waals surface area contributed by atoms with Crippen molar-refractivity contribution in [3.8, 4) is 5.69 Å². The fraction of sp³-hybridized carbons (Fsp3) is 0.333. The smallest absolute Gasteiger partial charge is 0.266 e. The number of rotatable bonds is 6. The van der Waals surface area contributed by atoms with Gasteiger partial charge in [0.15, 0.2) is 4.77 Å². The van der Waals surface area contributed by atoms with Crippen molar-refractivity contribution < 1.29 is 9.59 Å². The van der Waals surface area contributed by atoms with Crippen molar-refractivity contribution in [2.24, 2.45) is 0 Å². The molecule has 2 unspecified atom stereocenters. The number of carbonyl (C=O) groups excluding carboxylic acids is 2. The summed E-state index contributed by atoms with van der Waals surface area (Å²) < 4.78 is 1.72. The number of fused-ring (bicyclic) bond motifs is 1. The monoisotopic (exact) mass is 452 g/mol. The Balaban J connectivity index is 1.94. The summed E-state index contributed by atoms with van der Waals surface area (Å²) in [6, 6.07) is 9.81. The lowest BCUT2D eigenvalue weighted by Gasteiger charge is -2.17. The second-order valence-electron chi connectivity index (χ2n) is 8.06. The van der Waals surface area contributed by atoms with E-state index in [2.05, 4.69) is 15.6 Å². The summed E-state index contributed by atoms with van der Waals surface area (Å²) in [5.41, 5.74) is 3.28. The van der Waals surface area contributed by atoms with Gasteiger partial charge in [0.2, 0.25) is 5.91 Å². The summed E-state index contributed by atoms with van der Waals surface area (Å²) in [5, 5.41) is 5.95. The van der Waals surface area contributed by atoms with Crippen LogP contribution in [0.2, 0.25) is 0 Å². The van der Waals surface area contributed by atoms with Crippen molar-refractivity contribution in [1.29, 1.82) is 0 Å². The lowest BCUT2D eigenvalue weighted by molar-refractivity contribution is -0.123. The predicted molar refractivity (Wildman–Crippen MR) is 129 cm³/mol. The van der Waals surface area contributed by atoms with E-state index >= 15 is 0 Å². The predicted octanol–water partition coefficient (Wildman–Crippen LogP) is 3.70. The molecule has 2 atom stereocenters. The molecular weight excluding hydrogens is 424 g/mol. The molecule has 168 valence electrons. The summed E-state index contributed by atoms with van der Waals surface area (Å²) >= 11 is 5.47. The number of nitrogens with zero attached hydrogens (tertiary/aromatic N) is 1. The maximum atomic E-state index is 13.2. The number of benzene rings is 2. The summed E-state index contributed by atoms with van der Waals surface area (Å²) in [7, 11) is 0. The summed E-state index contributed by atoms with van der Waals surface area (Å²) in [6.07, 6.45) is 0.802. The number of aromatic nitrogens is 2. The van der Waals surface area contributed by atoms with Gasteiger partial charge in [0, 0.05) is 11.6 Å². The van der Waals surface area contributed by atoms with Crippen molar-refractivity contribution in [2.45, 2.75) is 53.1 Å². The Labute approximate surface area is 191 Å². The molecule has 3 N–H and O–H groups in total. The van der Waals surface area contributed by atoms with Crippen molar-refractivity contribution in [3.63, 3.8) is 0 Å². The van der Waals surface area contributed by atoms with Gasteiger partial charge in [0.1, 0.15) is 6.04 Å². The first-order valence-corrected chi connectivity index (χ1v) is 11.0. The number of carbonyl (C=O) groups is 2. The Morgan fingerprint density at radius 3 is 2.53 bits per heavy atom. The number of hydrogen-bond donors (Lipinski definition) is 3. The van der Waals surface area contributed by atoms with Crippen molar-refractivity contribution in [2.75, 3.05) is 0 Å². The highest BCUT2D eigenvalue weighted by atomic mass is 32.1. The third kappa shape index (κ3) is 4.65. The van der Waals surface area contributed by atoms with E-state index in [1.54, 1.807) is 25.1 Å². The molecule has 2 aromatic carbocycles. The number of aromatic amines is 1. The third-order valence-electron chi connectivity index (χ3n) is 5.72. The fourth-order valence-corrected chi connectivity index (χ4v) is 3.66. The van der Waals surface area contributed by atoms with Crippen LogP contribution in [0.1, 0.15) is 48.7 Å². The standard InChI is InChI=1S/C24H28N4O3S/c1-6-14(3)25-21(29)16(5)26-22(30)17-10-11-18-19(12-17)27-24(32)28(23(18)31)20-9-7-8-13(2)15(20)4/h7-12,14,16H,6H2,1-5H3,(H,25,29)(H,26,30)(H,27,32). The Morgan fingerprint density at radius 1 is 1.12 bits per heavy atom. The van der Waals surface area contributed by atoms with E-state index in [4.69, 9.17) is 12.2 Å². The topological polar surface area (TPSA) is 96.0 Å². The maximum Gasteiger partial charge on any atom is 0.266 e. The van der Waals surface area contributed by atoms with Crippen LogP contribution in [-0.2, 0) is 4.79 Å². The Hall–Kier alpha value is -3.26. The van der Waals surface area contributed by atoms with E-state index in [0.717, 1.165) is 23.2 Å². The lowest BCUT2D eigenvalue weighted by atomic mass is 10.1. The number of aryl methyl sites for hydroxylation is 1. The second-order valence-corrected chi connectivity index (χ2v) is 8.45. The van der Waals surface area contributed by atoms with Crippen LogP contribution < -0.4 is 16.2 Å². The van der Waals surface area contributed by atoms with Crippen molar-refractivity contribution in [1.82, 2.24) is 20.2 Å². The van der Waals surface area contributed by atoms with Gasteiger partial charge < -0.3 is 15.6 Å². The molecule has 0 fully saturated rings. The Kier molecular flexibility index (Phi) is 6.93. The van der Waals surface area contributed by atoms with Gasteiger partial charge in [0.25, 0.3) is 11.5 Å². The first kappa shape index (κ1) is 23.4. The molecule has 0 aliphatic heterocycles. The van der Waals surface area contributed by atoms with Crippen LogP contribution in [0.5, 0.6) is 0 Å². The molecule has 0 radical (unpaired) electrons. The second kappa shape index (κ2) is 9.48. The molecule has 32 heavy (non-hydrogen) atoms. The van der Waals surface area contributed by atoms with Crippen LogP contribution >= 0.6 is 12.2 Å². The molecule has 8 heteroatoms. The highest BCUT2D eigenvalue weighted by Crippen LogP contribution is 2.18. The largest absolute Gasteiger partial charge is 0.352 e. The van der Waals surface area contributed by atoms with E-state index in [1.165, 1.54) is 4.57 Å². The van der Waals surface area contributed by atoms with Gasteiger partial charge in [-0.25, -0.2) is 0 Å². The zero-order valence-electron chi connectivity index (χ0n) is 18.9.